The van der Waals surface area contributed by atoms with Crippen LogP contribution in [0.2, 0.25) is 0 Å². The molecular formula is C17H19NS. The van der Waals surface area contributed by atoms with Gasteiger partial charge in [-0.25, -0.2) is 0 Å². The Morgan fingerprint density at radius 2 is 1.89 bits per heavy atom. The number of benzene rings is 2. The van der Waals surface area contributed by atoms with Gasteiger partial charge in [-0.15, -0.1) is 11.8 Å². The van der Waals surface area contributed by atoms with Gasteiger partial charge in [-0.2, -0.15) is 0 Å². The topological polar surface area (TPSA) is 26.0 Å². The van der Waals surface area contributed by atoms with Crippen molar-refractivity contribution < 1.29 is 0 Å². The number of nitrogens with two attached hydrogens (primary N) is 1. The minimum Gasteiger partial charge on any atom is -0.399 e. The van der Waals surface area contributed by atoms with E-state index < -0.39 is 0 Å². The van der Waals surface area contributed by atoms with E-state index in [0.29, 0.717) is 0 Å². The van der Waals surface area contributed by atoms with Gasteiger partial charge in [0.1, 0.15) is 0 Å². The number of rotatable bonds is 3. The molecule has 0 fully saturated rings. The molecule has 0 aliphatic heterocycles. The Bertz CT molecular complexity index is 604. The van der Waals surface area contributed by atoms with E-state index in [-0.39, 0.29) is 0 Å². The number of nitrogen functional groups attached to an aromatic ring is 1. The number of thioether (sulfide) groups is 1. The molecule has 0 aromatic heterocycles. The van der Waals surface area contributed by atoms with Crippen molar-refractivity contribution >= 4 is 17.4 Å². The second-order valence-electron chi connectivity index (χ2n) is 5.26. The summed E-state index contributed by atoms with van der Waals surface area (Å²) in [6.07, 6.45) is 3.85. The average Bonchev–Trinajstić information content (AvgIpc) is 2.87. The predicted octanol–water partition coefficient (Wildman–Crippen LogP) is 4.36. The third-order valence-corrected chi connectivity index (χ3v) is 4.87. The van der Waals surface area contributed by atoms with Gasteiger partial charge in [0, 0.05) is 16.3 Å². The molecule has 1 aliphatic carbocycles. The summed E-state index contributed by atoms with van der Waals surface area (Å²) in [5.74, 6) is 1.04. The van der Waals surface area contributed by atoms with Crippen LogP contribution in [0.3, 0.4) is 0 Å². The molecule has 19 heavy (non-hydrogen) atoms. The summed E-state index contributed by atoms with van der Waals surface area (Å²) >= 11 is 1.89. The molecule has 2 N–H and O–H groups in total. The van der Waals surface area contributed by atoms with Gasteiger partial charge < -0.3 is 5.73 Å². The lowest BCUT2D eigenvalue weighted by Crippen LogP contribution is -1.90. The molecule has 3 rings (SSSR count). The highest BCUT2D eigenvalue weighted by Crippen LogP contribution is 2.28. The zero-order valence-corrected chi connectivity index (χ0v) is 12.1. The van der Waals surface area contributed by atoms with Crippen LogP contribution in [0.4, 0.5) is 5.69 Å². The van der Waals surface area contributed by atoms with E-state index in [0.717, 1.165) is 11.4 Å². The summed E-state index contributed by atoms with van der Waals surface area (Å²) in [5.41, 5.74) is 12.4. The fourth-order valence-electron chi connectivity index (χ4n) is 2.62. The molecule has 0 saturated carbocycles. The van der Waals surface area contributed by atoms with Crippen molar-refractivity contribution in [1.29, 1.82) is 0 Å². The minimum atomic E-state index is 0.877. The molecule has 98 valence electrons. The Morgan fingerprint density at radius 1 is 1.05 bits per heavy atom. The first kappa shape index (κ1) is 12.6. The van der Waals surface area contributed by atoms with E-state index in [1.54, 1.807) is 11.1 Å². The van der Waals surface area contributed by atoms with Crippen molar-refractivity contribution in [3.05, 3.63) is 58.7 Å². The lowest BCUT2D eigenvalue weighted by molar-refractivity contribution is 0.911. The third kappa shape index (κ3) is 2.79. The highest BCUT2D eigenvalue weighted by atomic mass is 32.2. The molecule has 2 heteroatoms. The monoisotopic (exact) mass is 269 g/mol. The highest BCUT2D eigenvalue weighted by Gasteiger charge is 2.10. The standard InChI is InChI=1S/C17H19NS/c1-12-9-16(7-8-17(12)18)19-11-13-5-6-14-3-2-4-15(14)10-13/h5-10H,2-4,11,18H2,1H3. The van der Waals surface area contributed by atoms with Gasteiger partial charge >= 0.3 is 0 Å². The van der Waals surface area contributed by atoms with E-state index in [9.17, 15) is 0 Å². The molecule has 1 nitrogen and oxygen atoms in total. The molecule has 0 spiro atoms. The molecule has 1 aliphatic rings. The second kappa shape index (κ2) is 5.30. The summed E-state index contributed by atoms with van der Waals surface area (Å²) in [6, 6.07) is 13.3. The lowest BCUT2D eigenvalue weighted by atomic mass is 10.1. The van der Waals surface area contributed by atoms with Crippen LogP contribution in [0, 0.1) is 6.92 Å². The molecular weight excluding hydrogens is 250 g/mol. The molecule has 2 aromatic rings. The van der Waals surface area contributed by atoms with Crippen LogP contribution < -0.4 is 5.73 Å². The largest absolute Gasteiger partial charge is 0.399 e. The van der Waals surface area contributed by atoms with E-state index >= 15 is 0 Å². The first-order valence-electron chi connectivity index (χ1n) is 6.82. The molecule has 0 heterocycles. The smallest absolute Gasteiger partial charge is 0.0344 e. The Morgan fingerprint density at radius 3 is 2.74 bits per heavy atom. The van der Waals surface area contributed by atoms with Gasteiger partial charge in [0.2, 0.25) is 0 Å². The fourth-order valence-corrected chi connectivity index (χ4v) is 3.56. The predicted molar refractivity (Wildman–Crippen MR) is 83.6 cm³/mol. The number of hydrogen-bond acceptors (Lipinski definition) is 2. The van der Waals surface area contributed by atoms with Crippen LogP contribution in [0.25, 0.3) is 0 Å². The maximum Gasteiger partial charge on any atom is 0.0344 e. The fraction of sp³-hybridized carbons (Fsp3) is 0.294. The first-order chi connectivity index (χ1) is 9.22. The maximum atomic E-state index is 5.85. The molecule has 0 saturated heterocycles. The SMILES string of the molecule is Cc1cc(SCc2ccc3c(c2)CCC3)ccc1N. The minimum absolute atomic E-state index is 0.877. The van der Waals surface area contributed by atoms with Gasteiger partial charge in [-0.3, -0.25) is 0 Å². The Kier molecular flexibility index (Phi) is 3.52. The molecule has 2 aromatic carbocycles. The summed E-state index contributed by atoms with van der Waals surface area (Å²) in [4.78, 5) is 1.30. The summed E-state index contributed by atoms with van der Waals surface area (Å²) in [7, 11) is 0. The van der Waals surface area contributed by atoms with Gasteiger partial charge in [-0.1, -0.05) is 18.2 Å². The Hall–Kier alpha value is -1.41. The van der Waals surface area contributed by atoms with Gasteiger partial charge in [0.05, 0.1) is 0 Å². The van der Waals surface area contributed by atoms with Gasteiger partial charge in [-0.05, 0) is 66.6 Å². The van der Waals surface area contributed by atoms with Crippen molar-refractivity contribution in [3.63, 3.8) is 0 Å². The van der Waals surface area contributed by atoms with Crippen LogP contribution >= 0.6 is 11.8 Å². The van der Waals surface area contributed by atoms with Gasteiger partial charge in [0.15, 0.2) is 0 Å². The van der Waals surface area contributed by atoms with Crippen LogP contribution in [-0.2, 0) is 18.6 Å². The van der Waals surface area contributed by atoms with Crippen LogP contribution in [0.15, 0.2) is 41.3 Å². The molecule has 0 radical (unpaired) electrons. The van der Waals surface area contributed by atoms with Crippen molar-refractivity contribution in [2.24, 2.45) is 0 Å². The molecule has 0 amide bonds. The zero-order valence-electron chi connectivity index (χ0n) is 11.3. The molecule has 0 bridgehead atoms. The Labute approximate surface area is 119 Å². The van der Waals surface area contributed by atoms with Crippen LogP contribution in [0.1, 0.15) is 28.7 Å². The van der Waals surface area contributed by atoms with Gasteiger partial charge in [0.25, 0.3) is 0 Å². The number of fused-ring (bicyclic) bond motifs is 1. The van der Waals surface area contributed by atoms with E-state index in [4.69, 9.17) is 5.73 Å². The highest BCUT2D eigenvalue weighted by molar-refractivity contribution is 7.98. The Balaban J connectivity index is 1.70. The summed E-state index contributed by atoms with van der Waals surface area (Å²) < 4.78 is 0. The first-order valence-corrected chi connectivity index (χ1v) is 7.80. The summed E-state index contributed by atoms with van der Waals surface area (Å²) in [6.45, 7) is 2.06. The van der Waals surface area contributed by atoms with E-state index in [1.807, 2.05) is 17.8 Å². The van der Waals surface area contributed by atoms with Crippen molar-refractivity contribution in [3.8, 4) is 0 Å². The summed E-state index contributed by atoms with van der Waals surface area (Å²) in [5, 5.41) is 0. The second-order valence-corrected chi connectivity index (χ2v) is 6.31. The molecule has 0 atom stereocenters. The normalized spacial score (nSPS) is 13.5. The van der Waals surface area contributed by atoms with E-state index in [2.05, 4.69) is 37.3 Å². The average molecular weight is 269 g/mol. The lowest BCUT2D eigenvalue weighted by Gasteiger charge is -2.07. The third-order valence-electron chi connectivity index (χ3n) is 3.81. The van der Waals surface area contributed by atoms with Crippen molar-refractivity contribution in [1.82, 2.24) is 0 Å². The van der Waals surface area contributed by atoms with Crippen LogP contribution in [0.5, 0.6) is 0 Å². The number of hydrogen-bond donors (Lipinski definition) is 1. The maximum absolute atomic E-state index is 5.85. The van der Waals surface area contributed by atoms with E-state index in [1.165, 1.54) is 35.3 Å². The van der Waals surface area contributed by atoms with Crippen LogP contribution in [-0.4, -0.2) is 0 Å². The number of anilines is 1. The number of aryl methyl sites for hydroxylation is 3. The molecule has 0 unspecified atom stereocenters. The quantitative estimate of drug-likeness (QED) is 0.662. The van der Waals surface area contributed by atoms with Crippen molar-refractivity contribution in [2.45, 2.75) is 36.8 Å². The van der Waals surface area contributed by atoms with Crippen molar-refractivity contribution in [2.75, 3.05) is 5.73 Å². The zero-order chi connectivity index (χ0) is 13.2.